The number of rotatable bonds is 7. The van der Waals surface area contributed by atoms with E-state index in [4.69, 9.17) is 10.8 Å². The summed E-state index contributed by atoms with van der Waals surface area (Å²) in [7, 11) is 0. The molecule has 4 nitrogen and oxygen atoms in total. The average Bonchev–Trinajstić information content (AvgIpc) is 3.21. The molecular formula is C16H24N2O2. The molecule has 0 spiro atoms. The van der Waals surface area contributed by atoms with E-state index < -0.39 is 12.0 Å². The molecule has 20 heavy (non-hydrogen) atoms. The molecule has 1 saturated carbocycles. The van der Waals surface area contributed by atoms with Crippen LogP contribution < -0.4 is 11.1 Å². The summed E-state index contributed by atoms with van der Waals surface area (Å²) in [5.74, 6) is -0.288. The van der Waals surface area contributed by atoms with E-state index in [9.17, 15) is 4.79 Å². The van der Waals surface area contributed by atoms with Gasteiger partial charge in [-0.15, -0.1) is 0 Å². The van der Waals surface area contributed by atoms with Crippen LogP contribution in [0.5, 0.6) is 0 Å². The van der Waals surface area contributed by atoms with Gasteiger partial charge in [0.2, 0.25) is 0 Å². The molecule has 1 fully saturated rings. The third-order valence-corrected chi connectivity index (χ3v) is 4.46. The molecule has 110 valence electrons. The van der Waals surface area contributed by atoms with Crippen LogP contribution in [0.15, 0.2) is 24.3 Å². The molecule has 1 aromatic rings. The van der Waals surface area contributed by atoms with Gasteiger partial charge in [-0.3, -0.25) is 4.79 Å². The molecule has 1 aliphatic carbocycles. The molecule has 4 N–H and O–H groups in total. The molecule has 0 saturated heterocycles. The lowest BCUT2D eigenvalue weighted by Gasteiger charge is -2.25. The van der Waals surface area contributed by atoms with Gasteiger partial charge in [0.15, 0.2) is 0 Å². The molecule has 0 radical (unpaired) electrons. The highest BCUT2D eigenvalue weighted by Crippen LogP contribution is 2.46. The Morgan fingerprint density at radius 1 is 1.40 bits per heavy atom. The van der Waals surface area contributed by atoms with Crippen molar-refractivity contribution in [3.8, 4) is 0 Å². The zero-order chi connectivity index (χ0) is 14.8. The monoisotopic (exact) mass is 276 g/mol. The maximum Gasteiger partial charge on any atom is 0.320 e. The zero-order valence-corrected chi connectivity index (χ0v) is 12.2. The number of carboxylic acids is 1. The van der Waals surface area contributed by atoms with Gasteiger partial charge in [-0.05, 0) is 42.9 Å². The first kappa shape index (κ1) is 14.9. The molecule has 0 amide bonds. The third kappa shape index (κ3) is 3.31. The zero-order valence-electron chi connectivity index (χ0n) is 12.2. The highest BCUT2D eigenvalue weighted by atomic mass is 16.4. The topological polar surface area (TPSA) is 75.3 Å². The fraction of sp³-hybridized carbons (Fsp3) is 0.562. The summed E-state index contributed by atoms with van der Waals surface area (Å²) in [4.78, 5) is 10.7. The number of carboxylic acid groups (broad SMARTS) is 1. The van der Waals surface area contributed by atoms with Crippen molar-refractivity contribution in [2.45, 2.75) is 51.1 Å². The Labute approximate surface area is 120 Å². The van der Waals surface area contributed by atoms with E-state index in [1.807, 2.05) is 24.3 Å². The number of anilines is 1. The summed E-state index contributed by atoms with van der Waals surface area (Å²) >= 11 is 0. The van der Waals surface area contributed by atoms with Crippen LogP contribution in [0, 0.1) is 5.92 Å². The largest absolute Gasteiger partial charge is 0.480 e. The molecule has 0 aliphatic heterocycles. The lowest BCUT2D eigenvalue weighted by atomic mass is 9.96. The minimum absolute atomic E-state index is 0.272. The predicted octanol–water partition coefficient (Wildman–Crippen LogP) is 2.63. The van der Waals surface area contributed by atoms with E-state index in [2.05, 4.69) is 19.2 Å². The van der Waals surface area contributed by atoms with Gasteiger partial charge >= 0.3 is 5.97 Å². The maximum absolute atomic E-state index is 10.7. The third-order valence-electron chi connectivity index (χ3n) is 4.46. The van der Waals surface area contributed by atoms with Crippen LogP contribution in [0.4, 0.5) is 5.69 Å². The number of nitrogens with one attached hydrogen (secondary N) is 1. The van der Waals surface area contributed by atoms with Gasteiger partial charge < -0.3 is 16.2 Å². The summed E-state index contributed by atoms with van der Waals surface area (Å²) in [5.41, 5.74) is 7.88. The number of hydrogen-bond donors (Lipinski definition) is 3. The Hall–Kier alpha value is -1.55. The molecule has 1 aromatic carbocycles. The van der Waals surface area contributed by atoms with E-state index in [-0.39, 0.29) is 5.54 Å². The summed E-state index contributed by atoms with van der Waals surface area (Å²) in [5, 5.41) is 12.4. The molecule has 2 atom stereocenters. The maximum atomic E-state index is 10.7. The van der Waals surface area contributed by atoms with E-state index in [0.29, 0.717) is 12.3 Å². The van der Waals surface area contributed by atoms with Crippen LogP contribution in [-0.4, -0.2) is 22.7 Å². The highest BCUT2D eigenvalue weighted by Gasteiger charge is 2.46. The fourth-order valence-electron chi connectivity index (χ4n) is 2.62. The van der Waals surface area contributed by atoms with Gasteiger partial charge in [0.1, 0.15) is 6.04 Å². The summed E-state index contributed by atoms with van der Waals surface area (Å²) in [6, 6.07) is 7.12. The van der Waals surface area contributed by atoms with Crippen molar-refractivity contribution in [3.63, 3.8) is 0 Å². The van der Waals surface area contributed by atoms with Crippen molar-refractivity contribution in [2.24, 2.45) is 11.7 Å². The smallest absolute Gasteiger partial charge is 0.320 e. The molecule has 0 heterocycles. The van der Waals surface area contributed by atoms with Crippen molar-refractivity contribution < 1.29 is 9.90 Å². The number of nitrogens with two attached hydrogens (primary N) is 1. The minimum Gasteiger partial charge on any atom is -0.480 e. The van der Waals surface area contributed by atoms with Crippen LogP contribution in [0.2, 0.25) is 0 Å². The number of hydrogen-bond acceptors (Lipinski definition) is 3. The van der Waals surface area contributed by atoms with Gasteiger partial charge in [-0.25, -0.2) is 0 Å². The number of benzene rings is 1. The van der Waals surface area contributed by atoms with Crippen molar-refractivity contribution in [1.29, 1.82) is 0 Å². The second-order valence-electron chi connectivity index (χ2n) is 5.94. The first-order valence-corrected chi connectivity index (χ1v) is 7.32. The van der Waals surface area contributed by atoms with Crippen molar-refractivity contribution in [2.75, 3.05) is 5.32 Å². The van der Waals surface area contributed by atoms with Crippen LogP contribution in [-0.2, 0) is 11.2 Å². The normalized spacial score (nSPS) is 19.1. The lowest BCUT2D eigenvalue weighted by Crippen LogP contribution is -2.32. The van der Waals surface area contributed by atoms with Crippen LogP contribution >= 0.6 is 0 Å². The minimum atomic E-state index is -0.957. The Balaban J connectivity index is 1.97. The Kier molecular flexibility index (Phi) is 4.33. The van der Waals surface area contributed by atoms with Crippen molar-refractivity contribution >= 4 is 11.7 Å². The van der Waals surface area contributed by atoms with Gasteiger partial charge in [0.05, 0.1) is 0 Å². The van der Waals surface area contributed by atoms with Gasteiger partial charge in [-0.2, -0.15) is 0 Å². The molecule has 0 aromatic heterocycles. The summed E-state index contributed by atoms with van der Waals surface area (Å²) in [6.07, 6.45) is 4.01. The van der Waals surface area contributed by atoms with E-state index in [0.717, 1.165) is 11.3 Å². The lowest BCUT2D eigenvalue weighted by molar-refractivity contribution is -0.138. The summed E-state index contributed by atoms with van der Waals surface area (Å²) < 4.78 is 0. The predicted molar refractivity (Wildman–Crippen MR) is 80.8 cm³/mol. The second-order valence-corrected chi connectivity index (χ2v) is 5.94. The van der Waals surface area contributed by atoms with Crippen LogP contribution in [0.3, 0.4) is 0 Å². The van der Waals surface area contributed by atoms with Gasteiger partial charge in [0.25, 0.3) is 0 Å². The van der Waals surface area contributed by atoms with Gasteiger partial charge in [0, 0.05) is 11.2 Å². The fourth-order valence-corrected chi connectivity index (χ4v) is 2.62. The van der Waals surface area contributed by atoms with Gasteiger partial charge in [-0.1, -0.05) is 32.4 Å². The SMILES string of the molecule is CCC(C)C1(Nc2ccc(CC(N)C(=O)O)cc2)CC1. The summed E-state index contributed by atoms with van der Waals surface area (Å²) in [6.45, 7) is 4.52. The highest BCUT2D eigenvalue weighted by molar-refractivity contribution is 5.73. The molecule has 0 bridgehead atoms. The first-order chi connectivity index (χ1) is 9.47. The Bertz CT molecular complexity index is 466. The molecule has 2 rings (SSSR count). The Morgan fingerprint density at radius 2 is 2.00 bits per heavy atom. The molecule has 1 aliphatic rings. The van der Waals surface area contributed by atoms with Crippen molar-refractivity contribution in [3.05, 3.63) is 29.8 Å². The molecule has 4 heteroatoms. The van der Waals surface area contributed by atoms with E-state index in [1.54, 1.807) is 0 Å². The second kappa shape index (κ2) is 5.83. The van der Waals surface area contributed by atoms with E-state index in [1.165, 1.54) is 19.3 Å². The number of carbonyl (C=O) groups is 1. The standard InChI is InChI=1S/C16H24N2O2/c1-3-11(2)16(8-9-16)18-13-6-4-12(5-7-13)10-14(17)15(19)20/h4-7,11,14,18H,3,8-10,17H2,1-2H3,(H,19,20). The number of aliphatic carboxylic acids is 1. The van der Waals surface area contributed by atoms with Crippen LogP contribution in [0.25, 0.3) is 0 Å². The quantitative estimate of drug-likeness (QED) is 0.715. The van der Waals surface area contributed by atoms with E-state index >= 15 is 0 Å². The van der Waals surface area contributed by atoms with Crippen LogP contribution in [0.1, 0.15) is 38.7 Å². The van der Waals surface area contributed by atoms with Crippen molar-refractivity contribution in [1.82, 2.24) is 0 Å². The Morgan fingerprint density at radius 3 is 2.45 bits per heavy atom. The molecule has 2 unspecified atom stereocenters. The molecular weight excluding hydrogens is 252 g/mol. The first-order valence-electron chi connectivity index (χ1n) is 7.32. The average molecular weight is 276 g/mol.